The number of rotatable bonds is 8. The van der Waals surface area contributed by atoms with E-state index in [-0.39, 0.29) is 16.6 Å². The van der Waals surface area contributed by atoms with Crippen LogP contribution in [0.5, 0.6) is 11.5 Å². The van der Waals surface area contributed by atoms with Crippen LogP contribution in [0, 0.1) is 0 Å². The van der Waals surface area contributed by atoms with Crippen LogP contribution in [0.2, 0.25) is 5.02 Å². The van der Waals surface area contributed by atoms with Crippen molar-refractivity contribution in [1.29, 1.82) is 0 Å². The maximum absolute atomic E-state index is 12.2. The van der Waals surface area contributed by atoms with Crippen LogP contribution >= 0.6 is 11.6 Å². The van der Waals surface area contributed by atoms with Gasteiger partial charge >= 0.3 is 5.97 Å². The number of ether oxygens (including phenoxy) is 3. The molecule has 2 rings (SSSR count). The number of halogens is 1. The number of amides is 1. The summed E-state index contributed by atoms with van der Waals surface area (Å²) >= 11 is 6.14. The van der Waals surface area contributed by atoms with Crippen molar-refractivity contribution < 1.29 is 23.8 Å². The van der Waals surface area contributed by atoms with Crippen LogP contribution < -0.4 is 14.8 Å². The van der Waals surface area contributed by atoms with Crippen LogP contribution in [-0.2, 0) is 9.53 Å². The minimum atomic E-state index is -0.680. The minimum absolute atomic E-state index is 0.171. The molecule has 2 aromatic rings. The standard InChI is InChI=1S/C20H22ClNO5/c1-4-26-19-16(21)10-15(11-17(19)25-3)20(24)27-12-18(23)22-13(2)14-8-6-5-7-9-14/h5-11,13H,4,12H2,1-3H3,(H,22,23)/t13-/m0/s1. The number of benzene rings is 2. The topological polar surface area (TPSA) is 73.9 Å². The molecule has 7 heteroatoms. The molecule has 27 heavy (non-hydrogen) atoms. The molecule has 6 nitrogen and oxygen atoms in total. The predicted molar refractivity (Wildman–Crippen MR) is 102 cm³/mol. The van der Waals surface area contributed by atoms with Gasteiger partial charge in [-0.25, -0.2) is 4.79 Å². The average Bonchev–Trinajstić information content (AvgIpc) is 2.68. The van der Waals surface area contributed by atoms with E-state index in [2.05, 4.69) is 5.32 Å². The van der Waals surface area contributed by atoms with Crippen LogP contribution in [0.4, 0.5) is 0 Å². The molecule has 1 amide bonds. The Labute approximate surface area is 163 Å². The Balaban J connectivity index is 1.97. The minimum Gasteiger partial charge on any atom is -0.493 e. The molecule has 0 spiro atoms. The second-order valence-corrected chi connectivity index (χ2v) is 6.11. The molecule has 0 saturated heterocycles. The quantitative estimate of drug-likeness (QED) is 0.693. The van der Waals surface area contributed by atoms with Crippen molar-refractivity contribution in [2.75, 3.05) is 20.3 Å². The molecule has 0 aliphatic carbocycles. The van der Waals surface area contributed by atoms with Crippen molar-refractivity contribution in [3.8, 4) is 11.5 Å². The van der Waals surface area contributed by atoms with Gasteiger partial charge in [-0.3, -0.25) is 4.79 Å². The van der Waals surface area contributed by atoms with Crippen molar-refractivity contribution >= 4 is 23.5 Å². The summed E-state index contributed by atoms with van der Waals surface area (Å²) in [6.45, 7) is 3.67. The molecule has 0 unspecified atom stereocenters. The third-order valence-corrected chi connectivity index (χ3v) is 4.05. The smallest absolute Gasteiger partial charge is 0.338 e. The van der Waals surface area contributed by atoms with Gasteiger partial charge in [-0.1, -0.05) is 41.9 Å². The highest BCUT2D eigenvalue weighted by atomic mass is 35.5. The first-order valence-electron chi connectivity index (χ1n) is 8.48. The lowest BCUT2D eigenvalue weighted by Gasteiger charge is -2.15. The number of hydrogen-bond donors (Lipinski definition) is 1. The van der Waals surface area contributed by atoms with E-state index < -0.39 is 18.5 Å². The molecule has 0 fully saturated rings. The Bertz CT molecular complexity index is 794. The average molecular weight is 392 g/mol. The molecule has 2 aromatic carbocycles. The summed E-state index contributed by atoms with van der Waals surface area (Å²) in [6, 6.07) is 12.2. The molecular weight excluding hydrogens is 370 g/mol. The van der Waals surface area contributed by atoms with E-state index in [1.54, 1.807) is 0 Å². The molecule has 0 heterocycles. The van der Waals surface area contributed by atoms with Crippen LogP contribution in [0.15, 0.2) is 42.5 Å². The molecule has 1 atom stereocenters. The van der Waals surface area contributed by atoms with Gasteiger partial charge in [0.2, 0.25) is 0 Å². The third-order valence-electron chi connectivity index (χ3n) is 3.77. The number of carbonyl (C=O) groups is 2. The van der Waals surface area contributed by atoms with E-state index in [9.17, 15) is 9.59 Å². The first-order valence-corrected chi connectivity index (χ1v) is 8.85. The summed E-state index contributed by atoms with van der Waals surface area (Å²) < 4.78 is 15.7. The van der Waals surface area contributed by atoms with Gasteiger partial charge in [0.05, 0.1) is 30.3 Å². The van der Waals surface area contributed by atoms with E-state index in [0.717, 1.165) is 5.56 Å². The Hall–Kier alpha value is -2.73. The van der Waals surface area contributed by atoms with Crippen molar-refractivity contribution in [1.82, 2.24) is 5.32 Å². The number of hydrogen-bond acceptors (Lipinski definition) is 5. The Kier molecular flexibility index (Phi) is 7.49. The van der Waals surface area contributed by atoms with Crippen molar-refractivity contribution in [2.45, 2.75) is 19.9 Å². The summed E-state index contributed by atoms with van der Waals surface area (Å²) in [5, 5.41) is 3.00. The summed E-state index contributed by atoms with van der Waals surface area (Å²) in [7, 11) is 1.45. The first kappa shape index (κ1) is 20.6. The Morgan fingerprint density at radius 1 is 1.19 bits per heavy atom. The van der Waals surface area contributed by atoms with E-state index in [1.165, 1.54) is 19.2 Å². The van der Waals surface area contributed by atoms with Gasteiger partial charge < -0.3 is 19.5 Å². The fourth-order valence-corrected chi connectivity index (χ4v) is 2.71. The predicted octanol–water partition coefficient (Wildman–Crippen LogP) is 3.78. The maximum Gasteiger partial charge on any atom is 0.338 e. The van der Waals surface area contributed by atoms with Crippen LogP contribution in [0.25, 0.3) is 0 Å². The largest absolute Gasteiger partial charge is 0.493 e. The molecule has 0 radical (unpaired) electrons. The van der Waals surface area contributed by atoms with Gasteiger partial charge in [-0.05, 0) is 31.5 Å². The summed E-state index contributed by atoms with van der Waals surface area (Å²) in [5.41, 5.74) is 1.13. The lowest BCUT2D eigenvalue weighted by Crippen LogP contribution is -2.31. The van der Waals surface area contributed by atoms with Crippen molar-refractivity contribution in [3.05, 3.63) is 58.6 Å². The van der Waals surface area contributed by atoms with Gasteiger partial charge in [0.25, 0.3) is 5.91 Å². The van der Waals surface area contributed by atoms with Gasteiger partial charge in [0, 0.05) is 0 Å². The van der Waals surface area contributed by atoms with Crippen LogP contribution in [0.1, 0.15) is 35.8 Å². The fraction of sp³-hybridized carbons (Fsp3) is 0.300. The molecule has 0 saturated carbocycles. The second kappa shape index (κ2) is 9.83. The Morgan fingerprint density at radius 3 is 2.52 bits per heavy atom. The molecular formula is C20H22ClNO5. The van der Waals surface area contributed by atoms with Crippen molar-refractivity contribution in [3.63, 3.8) is 0 Å². The SMILES string of the molecule is CCOc1c(Cl)cc(C(=O)OCC(=O)N[C@@H](C)c2ccccc2)cc1OC. The Morgan fingerprint density at radius 2 is 1.89 bits per heavy atom. The van der Waals surface area contributed by atoms with E-state index in [0.29, 0.717) is 18.1 Å². The van der Waals surface area contributed by atoms with E-state index in [4.69, 9.17) is 25.8 Å². The number of methoxy groups -OCH3 is 1. The second-order valence-electron chi connectivity index (χ2n) is 5.70. The lowest BCUT2D eigenvalue weighted by molar-refractivity contribution is -0.124. The number of esters is 1. The van der Waals surface area contributed by atoms with Crippen LogP contribution in [-0.4, -0.2) is 32.2 Å². The normalized spacial score (nSPS) is 11.4. The van der Waals surface area contributed by atoms with Gasteiger partial charge in [0.15, 0.2) is 18.1 Å². The summed E-state index contributed by atoms with van der Waals surface area (Å²) in [6.07, 6.45) is 0. The summed E-state index contributed by atoms with van der Waals surface area (Å²) in [4.78, 5) is 24.3. The maximum atomic E-state index is 12.2. The highest BCUT2D eigenvalue weighted by Gasteiger charge is 2.18. The molecule has 0 aromatic heterocycles. The highest BCUT2D eigenvalue weighted by molar-refractivity contribution is 6.32. The molecule has 1 N–H and O–H groups in total. The van der Waals surface area contributed by atoms with Crippen LogP contribution in [0.3, 0.4) is 0 Å². The zero-order valence-electron chi connectivity index (χ0n) is 15.5. The van der Waals surface area contributed by atoms with Gasteiger partial charge in [0.1, 0.15) is 0 Å². The molecule has 144 valence electrons. The van der Waals surface area contributed by atoms with E-state index >= 15 is 0 Å². The molecule has 0 bridgehead atoms. The monoisotopic (exact) mass is 391 g/mol. The zero-order valence-corrected chi connectivity index (χ0v) is 16.2. The van der Waals surface area contributed by atoms with Gasteiger partial charge in [-0.2, -0.15) is 0 Å². The molecule has 0 aliphatic heterocycles. The zero-order chi connectivity index (χ0) is 19.8. The first-order chi connectivity index (χ1) is 13.0. The van der Waals surface area contributed by atoms with Crippen molar-refractivity contribution in [2.24, 2.45) is 0 Å². The number of nitrogens with one attached hydrogen (secondary N) is 1. The lowest BCUT2D eigenvalue weighted by atomic mass is 10.1. The third kappa shape index (κ3) is 5.62. The fourth-order valence-electron chi connectivity index (χ4n) is 2.44. The highest BCUT2D eigenvalue weighted by Crippen LogP contribution is 2.36. The van der Waals surface area contributed by atoms with Gasteiger partial charge in [-0.15, -0.1) is 0 Å². The molecule has 0 aliphatic rings. The van der Waals surface area contributed by atoms with E-state index in [1.807, 2.05) is 44.2 Å². The summed E-state index contributed by atoms with van der Waals surface area (Å²) in [5.74, 6) is -0.407. The number of carbonyl (C=O) groups excluding carboxylic acids is 2.